The van der Waals surface area contributed by atoms with Crippen LogP contribution >= 0.6 is 0 Å². The van der Waals surface area contributed by atoms with Gasteiger partial charge in [0.25, 0.3) is 0 Å². The first-order chi connectivity index (χ1) is 8.48. The third-order valence-corrected chi connectivity index (χ3v) is 2.61. The van der Waals surface area contributed by atoms with Crippen LogP contribution in [0, 0.1) is 0 Å². The Bertz CT molecular complexity index is 406. The normalized spacial score (nSPS) is 13.7. The zero-order valence-electron chi connectivity index (χ0n) is 10.3. The second kappa shape index (κ2) is 5.99. The fourth-order valence-corrected chi connectivity index (χ4v) is 1.18. The molecule has 0 aromatic carbocycles. The standard InChI is InChI=1S/C10H16N4O4/c1-3-10(2,8(15)16)13-9(17)11-5-4-7-12-6-18-14-7/h6H,3-5H2,1-2H3,(H,15,16)(H2,11,13,17). The zero-order valence-corrected chi connectivity index (χ0v) is 10.3. The highest BCUT2D eigenvalue weighted by atomic mass is 16.5. The van der Waals surface area contributed by atoms with Crippen molar-refractivity contribution in [3.63, 3.8) is 0 Å². The summed E-state index contributed by atoms with van der Waals surface area (Å²) in [4.78, 5) is 26.3. The van der Waals surface area contributed by atoms with Crippen molar-refractivity contribution < 1.29 is 19.2 Å². The van der Waals surface area contributed by atoms with Gasteiger partial charge in [-0.05, 0) is 13.3 Å². The molecule has 0 saturated carbocycles. The van der Waals surface area contributed by atoms with E-state index >= 15 is 0 Å². The summed E-state index contributed by atoms with van der Waals surface area (Å²) in [7, 11) is 0. The van der Waals surface area contributed by atoms with Gasteiger partial charge >= 0.3 is 12.0 Å². The maximum atomic E-state index is 11.5. The molecule has 1 atom stereocenters. The van der Waals surface area contributed by atoms with E-state index in [4.69, 9.17) is 5.11 Å². The molecule has 18 heavy (non-hydrogen) atoms. The average molecular weight is 256 g/mol. The molecule has 0 saturated heterocycles. The van der Waals surface area contributed by atoms with Crippen LogP contribution in [-0.2, 0) is 11.2 Å². The fourth-order valence-electron chi connectivity index (χ4n) is 1.18. The van der Waals surface area contributed by atoms with Crippen molar-refractivity contribution in [2.45, 2.75) is 32.2 Å². The highest BCUT2D eigenvalue weighted by Crippen LogP contribution is 2.08. The van der Waals surface area contributed by atoms with Crippen LogP contribution in [0.1, 0.15) is 26.1 Å². The summed E-state index contributed by atoms with van der Waals surface area (Å²) < 4.78 is 4.53. The molecule has 0 aliphatic rings. The van der Waals surface area contributed by atoms with Gasteiger partial charge in [0.1, 0.15) is 5.54 Å². The number of nitrogens with one attached hydrogen (secondary N) is 2. The number of amides is 2. The summed E-state index contributed by atoms with van der Waals surface area (Å²) in [6.07, 6.45) is 1.91. The maximum absolute atomic E-state index is 11.5. The van der Waals surface area contributed by atoms with Crippen LogP contribution in [-0.4, -0.2) is 39.3 Å². The van der Waals surface area contributed by atoms with E-state index in [9.17, 15) is 9.59 Å². The summed E-state index contributed by atoms with van der Waals surface area (Å²) in [5.41, 5.74) is -1.27. The van der Waals surface area contributed by atoms with Crippen LogP contribution in [0.25, 0.3) is 0 Å². The van der Waals surface area contributed by atoms with Gasteiger partial charge < -0.3 is 20.3 Å². The Balaban J connectivity index is 2.35. The molecule has 1 heterocycles. The van der Waals surface area contributed by atoms with Crippen LogP contribution in [0.4, 0.5) is 4.79 Å². The number of urea groups is 1. The minimum atomic E-state index is -1.27. The number of hydrogen-bond donors (Lipinski definition) is 3. The summed E-state index contributed by atoms with van der Waals surface area (Å²) >= 11 is 0. The van der Waals surface area contributed by atoms with Crippen LogP contribution in [0.15, 0.2) is 10.9 Å². The van der Waals surface area contributed by atoms with Gasteiger partial charge in [0, 0.05) is 13.0 Å². The van der Waals surface area contributed by atoms with Crippen molar-refractivity contribution in [2.24, 2.45) is 0 Å². The largest absolute Gasteiger partial charge is 0.480 e. The van der Waals surface area contributed by atoms with Crippen molar-refractivity contribution >= 4 is 12.0 Å². The van der Waals surface area contributed by atoms with Gasteiger partial charge in [-0.2, -0.15) is 4.98 Å². The predicted octanol–water partition coefficient (Wildman–Crippen LogP) is 0.165. The van der Waals surface area contributed by atoms with E-state index in [1.807, 2.05) is 0 Å². The van der Waals surface area contributed by atoms with Crippen LogP contribution in [0.2, 0.25) is 0 Å². The minimum absolute atomic E-state index is 0.292. The number of carboxylic acid groups (broad SMARTS) is 1. The molecule has 8 heteroatoms. The molecule has 0 aliphatic carbocycles. The Morgan fingerprint density at radius 1 is 1.56 bits per heavy atom. The Morgan fingerprint density at radius 2 is 2.28 bits per heavy atom. The SMILES string of the molecule is CCC(C)(NC(=O)NCCc1ncon1)C(=O)O. The fraction of sp³-hybridized carbons (Fsp3) is 0.600. The van der Waals surface area contributed by atoms with E-state index in [1.54, 1.807) is 6.92 Å². The number of aliphatic carboxylic acids is 1. The van der Waals surface area contributed by atoms with E-state index in [0.29, 0.717) is 25.2 Å². The van der Waals surface area contributed by atoms with Crippen molar-refractivity contribution in [1.29, 1.82) is 0 Å². The first kappa shape index (κ1) is 13.9. The van der Waals surface area contributed by atoms with Gasteiger partial charge in [-0.3, -0.25) is 0 Å². The second-order valence-electron chi connectivity index (χ2n) is 3.97. The monoisotopic (exact) mass is 256 g/mol. The predicted molar refractivity (Wildman–Crippen MR) is 60.9 cm³/mol. The number of carbonyl (C=O) groups is 2. The molecule has 100 valence electrons. The topological polar surface area (TPSA) is 117 Å². The molecule has 0 spiro atoms. The van der Waals surface area contributed by atoms with Crippen molar-refractivity contribution in [1.82, 2.24) is 20.8 Å². The van der Waals surface area contributed by atoms with E-state index in [2.05, 4.69) is 25.3 Å². The molecule has 0 radical (unpaired) electrons. The molecule has 0 aliphatic heterocycles. The molecule has 1 aromatic rings. The zero-order chi connectivity index (χ0) is 13.6. The van der Waals surface area contributed by atoms with Gasteiger partial charge in [0.15, 0.2) is 5.82 Å². The van der Waals surface area contributed by atoms with Crippen LogP contribution in [0.5, 0.6) is 0 Å². The average Bonchev–Trinajstić information content (AvgIpc) is 2.81. The van der Waals surface area contributed by atoms with Gasteiger partial charge in [-0.25, -0.2) is 9.59 Å². The van der Waals surface area contributed by atoms with Gasteiger partial charge in [0.2, 0.25) is 6.39 Å². The number of aromatic nitrogens is 2. The molecule has 1 unspecified atom stereocenters. The number of carbonyl (C=O) groups excluding carboxylic acids is 1. The molecule has 2 amide bonds. The molecular formula is C10H16N4O4. The van der Waals surface area contributed by atoms with E-state index in [-0.39, 0.29) is 0 Å². The highest BCUT2D eigenvalue weighted by molar-refractivity contribution is 5.85. The Labute approximate surface area is 104 Å². The lowest BCUT2D eigenvalue weighted by Gasteiger charge is -2.24. The lowest BCUT2D eigenvalue weighted by molar-refractivity contribution is -0.143. The Morgan fingerprint density at radius 3 is 2.78 bits per heavy atom. The quantitative estimate of drug-likeness (QED) is 0.667. The molecular weight excluding hydrogens is 240 g/mol. The van der Waals surface area contributed by atoms with Crippen LogP contribution < -0.4 is 10.6 Å². The lowest BCUT2D eigenvalue weighted by Crippen LogP contribution is -2.55. The van der Waals surface area contributed by atoms with E-state index in [0.717, 1.165) is 0 Å². The second-order valence-corrected chi connectivity index (χ2v) is 3.97. The number of hydrogen-bond acceptors (Lipinski definition) is 5. The van der Waals surface area contributed by atoms with Gasteiger partial charge in [-0.1, -0.05) is 12.1 Å². The Hall–Kier alpha value is -2.12. The molecule has 0 bridgehead atoms. The smallest absolute Gasteiger partial charge is 0.329 e. The Kier molecular flexibility index (Phi) is 4.64. The molecule has 3 N–H and O–H groups in total. The molecule has 0 fully saturated rings. The highest BCUT2D eigenvalue weighted by Gasteiger charge is 2.32. The van der Waals surface area contributed by atoms with E-state index in [1.165, 1.54) is 13.3 Å². The number of carboxylic acids is 1. The number of nitrogens with zero attached hydrogens (tertiary/aromatic N) is 2. The first-order valence-electron chi connectivity index (χ1n) is 5.52. The molecule has 1 rings (SSSR count). The summed E-state index contributed by atoms with van der Waals surface area (Å²) in [6, 6.07) is -0.537. The number of rotatable bonds is 6. The minimum Gasteiger partial charge on any atom is -0.480 e. The van der Waals surface area contributed by atoms with Gasteiger partial charge in [-0.15, -0.1) is 0 Å². The molecule has 1 aromatic heterocycles. The van der Waals surface area contributed by atoms with Crippen molar-refractivity contribution in [2.75, 3.05) is 6.54 Å². The summed E-state index contributed by atoms with van der Waals surface area (Å²) in [5, 5.41) is 17.5. The van der Waals surface area contributed by atoms with Gasteiger partial charge in [0.05, 0.1) is 0 Å². The summed E-state index contributed by atoms with van der Waals surface area (Å²) in [6.45, 7) is 3.44. The lowest BCUT2D eigenvalue weighted by atomic mass is 10.00. The van der Waals surface area contributed by atoms with Crippen LogP contribution in [0.3, 0.4) is 0 Å². The third kappa shape index (κ3) is 3.72. The molecule has 8 nitrogen and oxygen atoms in total. The van der Waals surface area contributed by atoms with E-state index < -0.39 is 17.5 Å². The summed E-state index contributed by atoms with van der Waals surface area (Å²) in [5.74, 6) is -0.592. The first-order valence-corrected chi connectivity index (χ1v) is 5.52. The third-order valence-electron chi connectivity index (χ3n) is 2.61. The maximum Gasteiger partial charge on any atom is 0.329 e. The van der Waals surface area contributed by atoms with Crippen molar-refractivity contribution in [3.05, 3.63) is 12.2 Å². The van der Waals surface area contributed by atoms with Crippen molar-refractivity contribution in [3.8, 4) is 0 Å².